The highest BCUT2D eigenvalue weighted by atomic mass is 35.5. The molecule has 0 saturated carbocycles. The lowest BCUT2D eigenvalue weighted by atomic mass is 10.1. The van der Waals surface area contributed by atoms with Crippen molar-refractivity contribution in [2.75, 3.05) is 0 Å². The molecule has 2 rings (SSSR count). The molecule has 0 fully saturated rings. The van der Waals surface area contributed by atoms with Gasteiger partial charge in [0.1, 0.15) is 5.69 Å². The highest BCUT2D eigenvalue weighted by Gasteiger charge is 2.08. The van der Waals surface area contributed by atoms with E-state index in [4.69, 9.17) is 11.6 Å². The van der Waals surface area contributed by atoms with E-state index in [-0.39, 0.29) is 5.56 Å². The average molecular weight is 269 g/mol. The molecular formula is C12H13ClN2OS. The smallest absolute Gasteiger partial charge is 0.266 e. The van der Waals surface area contributed by atoms with Gasteiger partial charge in [-0.1, -0.05) is 30.7 Å². The summed E-state index contributed by atoms with van der Waals surface area (Å²) < 4.78 is 5.91. The summed E-state index contributed by atoms with van der Waals surface area (Å²) in [4.78, 5) is 11.9. The second kappa shape index (κ2) is 5.47. The van der Waals surface area contributed by atoms with Crippen LogP contribution in [0.3, 0.4) is 0 Å². The molecule has 0 spiro atoms. The molecule has 90 valence electrons. The summed E-state index contributed by atoms with van der Waals surface area (Å²) in [5, 5.41) is 0.704. The van der Waals surface area contributed by atoms with E-state index in [9.17, 15) is 4.79 Å². The largest absolute Gasteiger partial charge is 0.283 e. The zero-order valence-corrected chi connectivity index (χ0v) is 11.1. The first-order valence-electron chi connectivity index (χ1n) is 5.51. The maximum absolute atomic E-state index is 11.9. The molecule has 0 bridgehead atoms. The number of hydrogen-bond acceptors (Lipinski definition) is 3. The van der Waals surface area contributed by atoms with Crippen LogP contribution in [-0.4, -0.2) is 8.33 Å². The van der Waals surface area contributed by atoms with Crippen LogP contribution < -0.4 is 5.56 Å². The number of benzene rings is 1. The minimum atomic E-state index is 0.0341. The molecule has 3 nitrogen and oxygen atoms in total. The molecule has 1 aromatic carbocycles. The first kappa shape index (κ1) is 12.3. The molecule has 0 aliphatic rings. The third-order valence-corrected chi connectivity index (χ3v) is 3.53. The van der Waals surface area contributed by atoms with Gasteiger partial charge < -0.3 is 0 Å². The van der Waals surface area contributed by atoms with Crippen molar-refractivity contribution in [2.45, 2.75) is 26.3 Å². The molecule has 0 saturated heterocycles. The Morgan fingerprint density at radius 1 is 1.35 bits per heavy atom. The average Bonchev–Trinajstić information content (AvgIpc) is 2.65. The number of aromatic nitrogens is 2. The Bertz CT molecular complexity index is 544. The van der Waals surface area contributed by atoms with Crippen molar-refractivity contribution in [3.05, 3.63) is 50.9 Å². The van der Waals surface area contributed by atoms with Gasteiger partial charge in [-0.15, -0.1) is 0 Å². The Kier molecular flexibility index (Phi) is 3.97. The quantitative estimate of drug-likeness (QED) is 0.855. The summed E-state index contributed by atoms with van der Waals surface area (Å²) in [5.41, 5.74) is 1.71. The van der Waals surface area contributed by atoms with Crippen LogP contribution in [0.15, 0.2) is 29.1 Å². The molecule has 5 heteroatoms. The first-order valence-corrected chi connectivity index (χ1v) is 6.62. The summed E-state index contributed by atoms with van der Waals surface area (Å²) in [6.07, 6.45) is 1.52. The van der Waals surface area contributed by atoms with Crippen molar-refractivity contribution >= 4 is 23.3 Å². The Labute approximate surface area is 109 Å². The molecule has 2 aromatic rings. The molecule has 0 amide bonds. The Hall–Kier alpha value is -1.13. The van der Waals surface area contributed by atoms with Crippen LogP contribution in [0.1, 0.15) is 24.6 Å². The van der Waals surface area contributed by atoms with Gasteiger partial charge >= 0.3 is 0 Å². The topological polar surface area (TPSA) is 34.9 Å². The fourth-order valence-corrected chi connectivity index (χ4v) is 2.48. The van der Waals surface area contributed by atoms with Gasteiger partial charge in [-0.3, -0.25) is 4.79 Å². The molecule has 1 aromatic heterocycles. The second-order valence-corrected chi connectivity index (χ2v) is 5.05. The number of nitrogens with zero attached hydrogens (tertiary/aromatic N) is 2. The zero-order chi connectivity index (χ0) is 12.3. The predicted molar refractivity (Wildman–Crippen MR) is 70.9 cm³/mol. The minimum Gasteiger partial charge on any atom is -0.266 e. The van der Waals surface area contributed by atoms with Gasteiger partial charge in [-0.25, -0.2) is 3.96 Å². The highest BCUT2D eigenvalue weighted by molar-refractivity contribution is 6.99. The van der Waals surface area contributed by atoms with Crippen LogP contribution in [0.4, 0.5) is 0 Å². The Morgan fingerprint density at radius 3 is 2.71 bits per heavy atom. The van der Waals surface area contributed by atoms with Gasteiger partial charge in [0.2, 0.25) is 0 Å². The summed E-state index contributed by atoms with van der Waals surface area (Å²) in [6, 6.07) is 7.50. The molecule has 0 N–H and O–H groups in total. The minimum absolute atomic E-state index is 0.0341. The Morgan fingerprint density at radius 2 is 2.06 bits per heavy atom. The van der Waals surface area contributed by atoms with Gasteiger partial charge in [0, 0.05) is 29.7 Å². The van der Waals surface area contributed by atoms with Crippen molar-refractivity contribution in [2.24, 2.45) is 0 Å². The van der Waals surface area contributed by atoms with Crippen LogP contribution in [-0.2, 0) is 13.0 Å². The molecule has 17 heavy (non-hydrogen) atoms. The lowest BCUT2D eigenvalue weighted by molar-refractivity contribution is 0.709. The lowest BCUT2D eigenvalue weighted by Crippen LogP contribution is -2.16. The van der Waals surface area contributed by atoms with Crippen molar-refractivity contribution in [3.8, 4) is 0 Å². The molecule has 1 heterocycles. The first-order chi connectivity index (χ1) is 8.20. The monoisotopic (exact) mass is 268 g/mol. The second-order valence-electron chi connectivity index (χ2n) is 3.83. The predicted octanol–water partition coefficient (Wildman–Crippen LogP) is 2.96. The fourth-order valence-electron chi connectivity index (χ4n) is 1.57. The summed E-state index contributed by atoms with van der Waals surface area (Å²) in [7, 11) is 0. The van der Waals surface area contributed by atoms with Gasteiger partial charge in [-0.2, -0.15) is 4.37 Å². The van der Waals surface area contributed by atoms with Crippen molar-refractivity contribution in [1.29, 1.82) is 0 Å². The Balaban J connectivity index is 2.19. The number of aryl methyl sites for hydroxylation is 1. The number of hydrogen-bond donors (Lipinski definition) is 0. The fraction of sp³-hybridized carbons (Fsp3) is 0.333. The number of rotatable bonds is 4. The number of halogens is 1. The van der Waals surface area contributed by atoms with Gasteiger partial charge in [0.05, 0.1) is 0 Å². The van der Waals surface area contributed by atoms with Gasteiger partial charge in [0.25, 0.3) is 5.56 Å². The van der Waals surface area contributed by atoms with E-state index in [1.807, 2.05) is 31.2 Å². The van der Waals surface area contributed by atoms with Gasteiger partial charge in [-0.05, 0) is 24.1 Å². The summed E-state index contributed by atoms with van der Waals surface area (Å²) in [6.45, 7) is 2.79. The molecule has 0 aliphatic carbocycles. The molecular weight excluding hydrogens is 256 g/mol. The van der Waals surface area contributed by atoms with Crippen molar-refractivity contribution in [1.82, 2.24) is 8.33 Å². The zero-order valence-electron chi connectivity index (χ0n) is 9.52. The highest BCUT2D eigenvalue weighted by Crippen LogP contribution is 2.11. The summed E-state index contributed by atoms with van der Waals surface area (Å²) in [5.74, 6) is 0. The SMILES string of the molecule is CCCn1snc(Cc2ccc(Cl)cc2)c1=O. The standard InChI is InChI=1S/C12H13ClN2OS/c1-2-7-15-12(16)11(14-17-15)8-9-3-5-10(13)6-4-9/h3-6H,2,7-8H2,1H3. The van der Waals surface area contributed by atoms with E-state index in [0.29, 0.717) is 17.1 Å². The van der Waals surface area contributed by atoms with Gasteiger partial charge in [0.15, 0.2) is 0 Å². The lowest BCUT2D eigenvalue weighted by Gasteiger charge is -1.97. The third-order valence-electron chi connectivity index (χ3n) is 2.43. The molecule has 0 atom stereocenters. The summed E-state index contributed by atoms with van der Waals surface area (Å²) >= 11 is 7.06. The van der Waals surface area contributed by atoms with Crippen molar-refractivity contribution in [3.63, 3.8) is 0 Å². The van der Waals surface area contributed by atoms with Crippen LogP contribution in [0.5, 0.6) is 0 Å². The third kappa shape index (κ3) is 2.96. The molecule has 0 aliphatic heterocycles. The van der Waals surface area contributed by atoms with Crippen LogP contribution >= 0.6 is 23.3 Å². The van der Waals surface area contributed by atoms with E-state index in [1.165, 1.54) is 11.7 Å². The normalized spacial score (nSPS) is 10.7. The van der Waals surface area contributed by atoms with E-state index in [1.54, 1.807) is 3.96 Å². The van der Waals surface area contributed by atoms with E-state index >= 15 is 0 Å². The van der Waals surface area contributed by atoms with Crippen LogP contribution in [0.2, 0.25) is 5.02 Å². The molecule has 0 unspecified atom stereocenters. The molecule has 0 radical (unpaired) electrons. The maximum atomic E-state index is 11.9. The van der Waals surface area contributed by atoms with Crippen LogP contribution in [0, 0.1) is 0 Å². The van der Waals surface area contributed by atoms with Crippen molar-refractivity contribution < 1.29 is 0 Å². The van der Waals surface area contributed by atoms with E-state index in [0.717, 1.165) is 18.5 Å². The van der Waals surface area contributed by atoms with Crippen LogP contribution in [0.25, 0.3) is 0 Å². The van der Waals surface area contributed by atoms with E-state index < -0.39 is 0 Å². The maximum Gasteiger partial charge on any atom is 0.283 e. The van der Waals surface area contributed by atoms with E-state index in [2.05, 4.69) is 4.37 Å².